The molecule has 1 aromatic carbocycles. The van der Waals surface area contributed by atoms with E-state index >= 15 is 0 Å². The molecule has 0 aliphatic heterocycles. The van der Waals surface area contributed by atoms with Gasteiger partial charge in [0.2, 0.25) is 0 Å². The van der Waals surface area contributed by atoms with Gasteiger partial charge in [0.05, 0.1) is 23.8 Å². The smallest absolute Gasteiger partial charge is 0.417 e. The second-order valence-corrected chi connectivity index (χ2v) is 3.24. The Morgan fingerprint density at radius 3 is 2.65 bits per heavy atom. The van der Waals surface area contributed by atoms with Gasteiger partial charge in [0.25, 0.3) is 0 Å². The summed E-state index contributed by atoms with van der Waals surface area (Å²) in [6, 6.07) is 4.79. The Bertz CT molecular complexity index is 446. The molecule has 0 saturated carbocycles. The lowest BCUT2D eigenvalue weighted by molar-refractivity contribution is -0.137. The summed E-state index contributed by atoms with van der Waals surface area (Å²) in [5.41, 5.74) is -1.38. The predicted molar refractivity (Wildman–Crippen MR) is 56.5 cm³/mol. The monoisotopic (exact) mass is 241 g/mol. The van der Waals surface area contributed by atoms with Gasteiger partial charge in [-0.3, -0.25) is 0 Å². The molecule has 1 aromatic rings. The van der Waals surface area contributed by atoms with Crippen LogP contribution in [0.5, 0.6) is 5.75 Å². The van der Waals surface area contributed by atoms with Gasteiger partial charge >= 0.3 is 6.18 Å². The maximum Gasteiger partial charge on any atom is 0.417 e. The van der Waals surface area contributed by atoms with Crippen LogP contribution >= 0.6 is 0 Å². The van der Waals surface area contributed by atoms with Crippen LogP contribution in [0, 0.1) is 11.3 Å². The Labute approximate surface area is 96.9 Å². The molecule has 0 aromatic heterocycles. The number of hydrogen-bond acceptors (Lipinski definition) is 2. The van der Waals surface area contributed by atoms with E-state index in [1.54, 1.807) is 6.08 Å². The zero-order valence-electron chi connectivity index (χ0n) is 8.92. The number of ether oxygens (including phenoxy) is 1. The lowest BCUT2D eigenvalue weighted by atomic mass is 10.1. The molecule has 0 spiro atoms. The molecule has 0 aliphatic rings. The van der Waals surface area contributed by atoms with Crippen LogP contribution in [-0.2, 0) is 6.18 Å². The fourth-order valence-electron chi connectivity index (χ4n) is 1.21. The summed E-state index contributed by atoms with van der Waals surface area (Å²) in [6.07, 6.45) is -2.40. The van der Waals surface area contributed by atoms with E-state index in [0.29, 0.717) is 6.42 Å². The maximum atomic E-state index is 12.6. The van der Waals surface area contributed by atoms with Crippen LogP contribution in [0.15, 0.2) is 30.9 Å². The first-order valence-corrected chi connectivity index (χ1v) is 4.84. The maximum absolute atomic E-state index is 12.6. The van der Waals surface area contributed by atoms with Crippen molar-refractivity contribution in [3.63, 3.8) is 0 Å². The number of hydrogen-bond donors (Lipinski definition) is 0. The minimum atomic E-state index is -4.55. The predicted octanol–water partition coefficient (Wildman–Crippen LogP) is 3.53. The molecule has 2 nitrogen and oxygen atoms in total. The average molecular weight is 241 g/mol. The van der Waals surface area contributed by atoms with Crippen molar-refractivity contribution < 1.29 is 17.9 Å². The van der Waals surface area contributed by atoms with Crippen molar-refractivity contribution >= 4 is 0 Å². The van der Waals surface area contributed by atoms with Gasteiger partial charge in [-0.05, 0) is 24.6 Å². The number of halogens is 3. The third-order valence-corrected chi connectivity index (χ3v) is 2.01. The van der Waals surface area contributed by atoms with Crippen molar-refractivity contribution in [1.29, 1.82) is 5.26 Å². The number of nitrogens with zero attached hydrogens (tertiary/aromatic N) is 1. The van der Waals surface area contributed by atoms with Crippen molar-refractivity contribution in [3.8, 4) is 11.8 Å². The Morgan fingerprint density at radius 2 is 2.12 bits per heavy atom. The van der Waals surface area contributed by atoms with Crippen LogP contribution in [0.4, 0.5) is 13.2 Å². The SMILES string of the molecule is C=CCCOc1ccc(C#N)c(C(F)(F)F)c1. The molecule has 0 saturated heterocycles. The van der Waals surface area contributed by atoms with Crippen LogP contribution in [0.2, 0.25) is 0 Å². The molecule has 0 aliphatic carbocycles. The van der Waals surface area contributed by atoms with Crippen LogP contribution < -0.4 is 4.74 Å². The highest BCUT2D eigenvalue weighted by atomic mass is 19.4. The molecule has 0 atom stereocenters. The zero-order valence-corrected chi connectivity index (χ0v) is 8.92. The average Bonchev–Trinajstić information content (AvgIpc) is 2.28. The zero-order chi connectivity index (χ0) is 12.9. The van der Waals surface area contributed by atoms with Crippen LogP contribution in [0.25, 0.3) is 0 Å². The molecule has 0 bridgehead atoms. The molecule has 0 amide bonds. The largest absolute Gasteiger partial charge is 0.493 e. The second kappa shape index (κ2) is 5.39. The lowest BCUT2D eigenvalue weighted by Gasteiger charge is -2.11. The van der Waals surface area contributed by atoms with Gasteiger partial charge in [-0.2, -0.15) is 18.4 Å². The quantitative estimate of drug-likeness (QED) is 0.596. The molecule has 0 heterocycles. The molecule has 1 rings (SSSR count). The lowest BCUT2D eigenvalue weighted by Crippen LogP contribution is -2.08. The fourth-order valence-corrected chi connectivity index (χ4v) is 1.21. The van der Waals surface area contributed by atoms with Crippen molar-refractivity contribution in [3.05, 3.63) is 42.0 Å². The summed E-state index contributed by atoms with van der Waals surface area (Å²) in [5.74, 6) is 0.0955. The topological polar surface area (TPSA) is 33.0 Å². The van der Waals surface area contributed by atoms with E-state index < -0.39 is 17.3 Å². The molecule has 17 heavy (non-hydrogen) atoms. The highest BCUT2D eigenvalue weighted by molar-refractivity contribution is 5.44. The van der Waals surface area contributed by atoms with E-state index in [-0.39, 0.29) is 12.4 Å². The minimum Gasteiger partial charge on any atom is -0.493 e. The summed E-state index contributed by atoms with van der Waals surface area (Å²) < 4.78 is 42.8. The van der Waals surface area contributed by atoms with Crippen LogP contribution in [0.3, 0.4) is 0 Å². The molecule has 0 radical (unpaired) electrons. The van der Waals surface area contributed by atoms with E-state index in [0.717, 1.165) is 12.1 Å². The molecule has 0 fully saturated rings. The number of benzene rings is 1. The van der Waals surface area contributed by atoms with E-state index in [2.05, 4.69) is 6.58 Å². The Balaban J connectivity index is 2.98. The Hall–Kier alpha value is -1.96. The first kappa shape index (κ1) is 13.1. The number of nitriles is 1. The summed E-state index contributed by atoms with van der Waals surface area (Å²) in [4.78, 5) is 0. The molecule has 90 valence electrons. The van der Waals surface area contributed by atoms with Crippen molar-refractivity contribution in [2.24, 2.45) is 0 Å². The standard InChI is InChI=1S/C12H10F3NO/c1-2-3-6-17-10-5-4-9(8-16)11(7-10)12(13,14)15/h2,4-5,7H,1,3,6H2. The van der Waals surface area contributed by atoms with Gasteiger partial charge in [-0.1, -0.05) is 6.08 Å². The molecule has 5 heteroatoms. The van der Waals surface area contributed by atoms with Gasteiger partial charge < -0.3 is 4.74 Å². The van der Waals surface area contributed by atoms with Gasteiger partial charge in [-0.15, -0.1) is 6.58 Å². The van der Waals surface area contributed by atoms with Gasteiger partial charge in [0.1, 0.15) is 5.75 Å². The molecular formula is C12H10F3NO. The van der Waals surface area contributed by atoms with Crippen LogP contribution in [0.1, 0.15) is 17.5 Å². The van der Waals surface area contributed by atoms with E-state index in [9.17, 15) is 13.2 Å². The van der Waals surface area contributed by atoms with E-state index in [1.807, 2.05) is 0 Å². The fraction of sp³-hybridized carbons (Fsp3) is 0.250. The molecular weight excluding hydrogens is 231 g/mol. The molecule has 0 N–H and O–H groups in total. The third kappa shape index (κ3) is 3.52. The second-order valence-electron chi connectivity index (χ2n) is 3.24. The van der Waals surface area contributed by atoms with Crippen LogP contribution in [-0.4, -0.2) is 6.61 Å². The van der Waals surface area contributed by atoms with Gasteiger partial charge in [-0.25, -0.2) is 0 Å². The van der Waals surface area contributed by atoms with Gasteiger partial charge in [0.15, 0.2) is 0 Å². The van der Waals surface area contributed by atoms with Gasteiger partial charge in [0, 0.05) is 0 Å². The summed E-state index contributed by atoms with van der Waals surface area (Å²) in [7, 11) is 0. The van der Waals surface area contributed by atoms with Crippen molar-refractivity contribution in [2.75, 3.05) is 6.61 Å². The summed E-state index contributed by atoms with van der Waals surface area (Å²) >= 11 is 0. The van der Waals surface area contributed by atoms with E-state index in [1.165, 1.54) is 12.1 Å². The highest BCUT2D eigenvalue weighted by Gasteiger charge is 2.34. The normalized spacial score (nSPS) is 10.7. The number of rotatable bonds is 4. The highest BCUT2D eigenvalue weighted by Crippen LogP contribution is 2.34. The molecule has 0 unspecified atom stereocenters. The third-order valence-electron chi connectivity index (χ3n) is 2.01. The summed E-state index contributed by atoms with van der Waals surface area (Å²) in [6.45, 7) is 3.73. The minimum absolute atomic E-state index is 0.0955. The Morgan fingerprint density at radius 1 is 1.41 bits per heavy atom. The number of alkyl halides is 3. The van der Waals surface area contributed by atoms with Crippen molar-refractivity contribution in [2.45, 2.75) is 12.6 Å². The Kier molecular flexibility index (Phi) is 4.16. The van der Waals surface area contributed by atoms with Crippen molar-refractivity contribution in [1.82, 2.24) is 0 Å². The summed E-state index contributed by atoms with van der Waals surface area (Å²) in [5, 5.41) is 8.58. The first-order chi connectivity index (χ1) is 7.99. The first-order valence-electron chi connectivity index (χ1n) is 4.84. The van der Waals surface area contributed by atoms with E-state index in [4.69, 9.17) is 10.00 Å².